The molecular weight excluding hydrogens is 276 g/mol. The van der Waals surface area contributed by atoms with Crippen LogP contribution in [-0.4, -0.2) is 43.7 Å². The van der Waals surface area contributed by atoms with E-state index in [9.17, 15) is 30.0 Å². The SMILES string of the molecule is CC1(O)Cc2c(O)c3c(c(O)c2CC1O)C(=O)C=CC3=O. The molecule has 0 aliphatic heterocycles. The highest BCUT2D eigenvalue weighted by Gasteiger charge is 2.41. The maximum Gasteiger partial charge on any atom is 0.190 e. The van der Waals surface area contributed by atoms with Crippen molar-refractivity contribution in [3.63, 3.8) is 0 Å². The summed E-state index contributed by atoms with van der Waals surface area (Å²) in [7, 11) is 0. The number of aliphatic hydroxyl groups is 2. The van der Waals surface area contributed by atoms with Crippen molar-refractivity contribution in [2.45, 2.75) is 31.5 Å². The predicted molar refractivity (Wildman–Crippen MR) is 71.6 cm³/mol. The van der Waals surface area contributed by atoms with Crippen LogP contribution in [0.15, 0.2) is 12.2 Å². The fourth-order valence-corrected chi connectivity index (χ4v) is 2.92. The molecule has 0 amide bonds. The fourth-order valence-electron chi connectivity index (χ4n) is 2.92. The molecule has 3 rings (SSSR count). The second-order valence-electron chi connectivity index (χ2n) is 5.72. The van der Waals surface area contributed by atoms with E-state index in [1.54, 1.807) is 0 Å². The Kier molecular flexibility index (Phi) is 2.73. The first-order chi connectivity index (χ1) is 9.74. The molecule has 0 fully saturated rings. The summed E-state index contributed by atoms with van der Waals surface area (Å²) in [4.78, 5) is 23.8. The largest absolute Gasteiger partial charge is 0.507 e. The van der Waals surface area contributed by atoms with Crippen molar-refractivity contribution in [2.75, 3.05) is 0 Å². The molecule has 0 spiro atoms. The van der Waals surface area contributed by atoms with Gasteiger partial charge < -0.3 is 20.4 Å². The van der Waals surface area contributed by atoms with Gasteiger partial charge >= 0.3 is 0 Å². The van der Waals surface area contributed by atoms with E-state index in [0.29, 0.717) is 0 Å². The van der Waals surface area contributed by atoms with Crippen molar-refractivity contribution in [1.29, 1.82) is 0 Å². The summed E-state index contributed by atoms with van der Waals surface area (Å²) < 4.78 is 0. The Morgan fingerprint density at radius 3 is 2.05 bits per heavy atom. The van der Waals surface area contributed by atoms with Crippen molar-refractivity contribution in [2.24, 2.45) is 0 Å². The van der Waals surface area contributed by atoms with Crippen LogP contribution in [0.2, 0.25) is 0 Å². The van der Waals surface area contributed by atoms with E-state index in [1.165, 1.54) is 6.92 Å². The van der Waals surface area contributed by atoms with Gasteiger partial charge in [-0.05, 0) is 19.1 Å². The number of fused-ring (bicyclic) bond motifs is 2. The molecular formula is C15H14O6. The summed E-state index contributed by atoms with van der Waals surface area (Å²) in [5.41, 5.74) is -1.58. The topological polar surface area (TPSA) is 115 Å². The second-order valence-corrected chi connectivity index (χ2v) is 5.72. The highest BCUT2D eigenvalue weighted by Crippen LogP contribution is 2.45. The molecule has 2 aliphatic rings. The molecule has 0 saturated heterocycles. The van der Waals surface area contributed by atoms with Gasteiger partial charge in [0, 0.05) is 24.0 Å². The van der Waals surface area contributed by atoms with Crippen LogP contribution in [0.1, 0.15) is 38.8 Å². The van der Waals surface area contributed by atoms with Gasteiger partial charge in [-0.3, -0.25) is 9.59 Å². The first-order valence-corrected chi connectivity index (χ1v) is 6.51. The number of ketones is 2. The third-order valence-electron chi connectivity index (χ3n) is 4.19. The van der Waals surface area contributed by atoms with Crippen molar-refractivity contribution in [3.8, 4) is 11.5 Å². The summed E-state index contributed by atoms with van der Waals surface area (Å²) in [6.07, 6.45) is 0.692. The number of rotatable bonds is 0. The molecule has 0 radical (unpaired) electrons. The first kappa shape index (κ1) is 13.8. The van der Waals surface area contributed by atoms with Crippen LogP contribution in [0.5, 0.6) is 11.5 Å². The molecule has 6 nitrogen and oxygen atoms in total. The van der Waals surface area contributed by atoms with Gasteiger partial charge in [0.1, 0.15) is 11.5 Å². The minimum Gasteiger partial charge on any atom is -0.507 e. The normalized spacial score (nSPS) is 27.5. The number of benzene rings is 1. The minimum absolute atomic E-state index is 0.111. The van der Waals surface area contributed by atoms with Gasteiger partial charge in [0.15, 0.2) is 11.6 Å². The second kappa shape index (κ2) is 4.16. The van der Waals surface area contributed by atoms with Crippen LogP contribution in [0.25, 0.3) is 0 Å². The summed E-state index contributed by atoms with van der Waals surface area (Å²) in [6.45, 7) is 1.41. The molecule has 2 atom stereocenters. The van der Waals surface area contributed by atoms with E-state index >= 15 is 0 Å². The van der Waals surface area contributed by atoms with Crippen molar-refractivity contribution < 1.29 is 30.0 Å². The number of carbonyl (C=O) groups is 2. The number of phenolic OH excluding ortho intramolecular Hbond substituents is 2. The maximum absolute atomic E-state index is 11.9. The Morgan fingerprint density at radius 1 is 1.05 bits per heavy atom. The smallest absolute Gasteiger partial charge is 0.190 e. The fraction of sp³-hybridized carbons (Fsp3) is 0.333. The molecule has 21 heavy (non-hydrogen) atoms. The third kappa shape index (κ3) is 1.80. The number of phenols is 2. The highest BCUT2D eigenvalue weighted by molar-refractivity contribution is 6.24. The predicted octanol–water partition coefficient (Wildman–Crippen LogP) is 0.244. The monoisotopic (exact) mass is 290 g/mol. The van der Waals surface area contributed by atoms with Gasteiger partial charge in [0.25, 0.3) is 0 Å². The Balaban J connectivity index is 2.33. The van der Waals surface area contributed by atoms with Crippen LogP contribution in [0.4, 0.5) is 0 Å². The van der Waals surface area contributed by atoms with Gasteiger partial charge in [-0.1, -0.05) is 0 Å². The van der Waals surface area contributed by atoms with E-state index in [2.05, 4.69) is 0 Å². The van der Waals surface area contributed by atoms with Gasteiger partial charge in [0.2, 0.25) is 0 Å². The lowest BCUT2D eigenvalue weighted by Crippen LogP contribution is -2.46. The van der Waals surface area contributed by atoms with Crippen molar-refractivity contribution >= 4 is 11.6 Å². The number of aromatic hydroxyl groups is 2. The zero-order valence-electron chi connectivity index (χ0n) is 11.3. The van der Waals surface area contributed by atoms with Gasteiger partial charge in [0.05, 0.1) is 22.8 Å². The van der Waals surface area contributed by atoms with E-state index < -0.39 is 34.8 Å². The number of aliphatic hydroxyl groups excluding tert-OH is 1. The van der Waals surface area contributed by atoms with Gasteiger partial charge in [-0.2, -0.15) is 0 Å². The summed E-state index contributed by atoms with van der Waals surface area (Å²) in [6, 6.07) is 0. The van der Waals surface area contributed by atoms with E-state index in [4.69, 9.17) is 0 Å². The first-order valence-electron chi connectivity index (χ1n) is 6.51. The molecule has 1 aromatic carbocycles. The van der Waals surface area contributed by atoms with Crippen molar-refractivity contribution in [3.05, 3.63) is 34.4 Å². The Morgan fingerprint density at radius 2 is 1.52 bits per heavy atom. The Labute approximate surface area is 120 Å². The lowest BCUT2D eigenvalue weighted by molar-refractivity contribution is -0.0668. The molecule has 110 valence electrons. The van der Waals surface area contributed by atoms with E-state index in [-0.39, 0.29) is 35.1 Å². The van der Waals surface area contributed by atoms with Crippen LogP contribution in [0, 0.1) is 0 Å². The number of hydrogen-bond donors (Lipinski definition) is 4. The molecule has 0 aromatic heterocycles. The molecule has 0 bridgehead atoms. The Hall–Kier alpha value is -2.18. The lowest BCUT2D eigenvalue weighted by Gasteiger charge is -2.36. The number of allylic oxidation sites excluding steroid dienone is 2. The summed E-state index contributed by atoms with van der Waals surface area (Å²) in [5.74, 6) is -1.97. The average Bonchev–Trinajstić information content (AvgIpc) is 2.40. The molecule has 2 aliphatic carbocycles. The van der Waals surface area contributed by atoms with Crippen molar-refractivity contribution in [1.82, 2.24) is 0 Å². The van der Waals surface area contributed by atoms with E-state index in [1.807, 2.05) is 0 Å². The van der Waals surface area contributed by atoms with Crippen LogP contribution >= 0.6 is 0 Å². The van der Waals surface area contributed by atoms with Crippen LogP contribution < -0.4 is 0 Å². The van der Waals surface area contributed by atoms with E-state index in [0.717, 1.165) is 12.2 Å². The van der Waals surface area contributed by atoms with Crippen LogP contribution in [0.3, 0.4) is 0 Å². The quantitative estimate of drug-likeness (QED) is 0.509. The number of hydrogen-bond acceptors (Lipinski definition) is 6. The highest BCUT2D eigenvalue weighted by atomic mass is 16.3. The minimum atomic E-state index is -1.48. The number of carbonyl (C=O) groups excluding carboxylic acids is 2. The Bertz CT molecular complexity index is 714. The zero-order valence-corrected chi connectivity index (χ0v) is 11.3. The molecule has 0 saturated carbocycles. The molecule has 1 aromatic rings. The average molecular weight is 290 g/mol. The molecule has 0 heterocycles. The maximum atomic E-state index is 11.9. The summed E-state index contributed by atoms with van der Waals surface area (Å²) >= 11 is 0. The summed E-state index contributed by atoms with van der Waals surface area (Å²) in [5, 5.41) is 40.6. The van der Waals surface area contributed by atoms with Gasteiger partial charge in [-0.25, -0.2) is 0 Å². The standard InChI is InChI=1S/C15H14O6/c1-15(21)5-7-6(4-10(15)18)13(19)11-8(16)2-3-9(17)12(11)14(7)20/h2-3,10,18-21H,4-5H2,1H3. The lowest BCUT2D eigenvalue weighted by atomic mass is 9.75. The molecule has 2 unspecified atom stereocenters. The third-order valence-corrected chi connectivity index (χ3v) is 4.19. The van der Waals surface area contributed by atoms with Crippen LogP contribution in [-0.2, 0) is 12.8 Å². The molecule has 4 N–H and O–H groups in total. The van der Waals surface area contributed by atoms with Gasteiger partial charge in [-0.15, -0.1) is 0 Å². The molecule has 6 heteroatoms. The zero-order chi connectivity index (χ0) is 15.5.